The number of thiazole rings is 1. The summed E-state index contributed by atoms with van der Waals surface area (Å²) in [5.41, 5.74) is 2.97. The molecule has 0 amide bonds. The molecule has 0 aliphatic heterocycles. The van der Waals surface area contributed by atoms with Gasteiger partial charge in [-0.2, -0.15) is 5.10 Å². The predicted octanol–water partition coefficient (Wildman–Crippen LogP) is 2.35. The van der Waals surface area contributed by atoms with Gasteiger partial charge in [0.25, 0.3) is 0 Å². The number of aryl methyl sites for hydroxylation is 1. The van der Waals surface area contributed by atoms with Crippen molar-refractivity contribution in [1.82, 2.24) is 24.9 Å². The van der Waals surface area contributed by atoms with Gasteiger partial charge in [0.2, 0.25) is 0 Å². The highest BCUT2D eigenvalue weighted by Gasteiger charge is 2.07. The smallest absolute Gasteiger partial charge is 0.155 e. The van der Waals surface area contributed by atoms with Crippen LogP contribution in [0.25, 0.3) is 5.65 Å². The van der Waals surface area contributed by atoms with E-state index in [0.717, 1.165) is 28.5 Å². The summed E-state index contributed by atoms with van der Waals surface area (Å²) in [5.74, 6) is 0. The van der Waals surface area contributed by atoms with Crippen LogP contribution in [0.4, 0.5) is 0 Å². The van der Waals surface area contributed by atoms with E-state index in [4.69, 9.17) is 0 Å². The van der Waals surface area contributed by atoms with Crippen LogP contribution in [0, 0.1) is 6.92 Å². The molecule has 0 bridgehead atoms. The molecule has 0 aliphatic rings. The van der Waals surface area contributed by atoms with Gasteiger partial charge in [-0.25, -0.2) is 14.5 Å². The molecule has 1 unspecified atom stereocenters. The van der Waals surface area contributed by atoms with Crippen LogP contribution in [-0.4, -0.2) is 19.6 Å². The van der Waals surface area contributed by atoms with Crippen LogP contribution in [0.15, 0.2) is 30.0 Å². The summed E-state index contributed by atoms with van der Waals surface area (Å²) in [6, 6.07) is 2.21. The van der Waals surface area contributed by atoms with Gasteiger partial charge in [-0.1, -0.05) is 0 Å². The van der Waals surface area contributed by atoms with Crippen molar-refractivity contribution in [3.8, 4) is 0 Å². The van der Waals surface area contributed by atoms with E-state index in [1.807, 2.05) is 41.5 Å². The summed E-state index contributed by atoms with van der Waals surface area (Å²) in [6.07, 6.45) is 5.73. The number of nitrogens with one attached hydrogen (secondary N) is 1. The molecule has 1 atom stereocenters. The number of nitrogens with zero attached hydrogens (tertiary/aromatic N) is 4. The van der Waals surface area contributed by atoms with Crippen molar-refractivity contribution in [1.29, 1.82) is 0 Å². The zero-order chi connectivity index (χ0) is 13.2. The van der Waals surface area contributed by atoms with E-state index >= 15 is 0 Å². The quantitative estimate of drug-likeness (QED) is 0.792. The van der Waals surface area contributed by atoms with Gasteiger partial charge in [-0.3, -0.25) is 0 Å². The molecule has 6 heteroatoms. The lowest BCUT2D eigenvalue weighted by Gasteiger charge is -2.10. The second-order valence-corrected chi connectivity index (χ2v) is 5.45. The molecule has 0 aliphatic carbocycles. The molecule has 3 heterocycles. The largest absolute Gasteiger partial charge is 0.304 e. The fourth-order valence-electron chi connectivity index (χ4n) is 1.93. The zero-order valence-corrected chi connectivity index (χ0v) is 11.7. The number of rotatable bonds is 4. The van der Waals surface area contributed by atoms with E-state index in [1.165, 1.54) is 0 Å². The molecule has 3 aromatic heterocycles. The van der Waals surface area contributed by atoms with Crippen molar-refractivity contribution in [2.45, 2.75) is 26.4 Å². The van der Waals surface area contributed by atoms with Crippen LogP contribution in [-0.2, 0) is 6.54 Å². The molecule has 5 nitrogen and oxygen atoms in total. The van der Waals surface area contributed by atoms with Gasteiger partial charge in [-0.05, 0) is 13.8 Å². The molecule has 0 saturated heterocycles. The minimum atomic E-state index is 0.245. The highest BCUT2D eigenvalue weighted by Crippen LogP contribution is 2.15. The highest BCUT2D eigenvalue weighted by atomic mass is 32.1. The number of hydrogen-bond donors (Lipinski definition) is 1. The first-order chi connectivity index (χ1) is 9.22. The molecule has 98 valence electrons. The molecular formula is C13H15N5S. The lowest BCUT2D eigenvalue weighted by Crippen LogP contribution is -2.18. The molecule has 0 spiro atoms. The Hall–Kier alpha value is -1.79. The number of hydrogen-bond acceptors (Lipinski definition) is 5. The predicted molar refractivity (Wildman–Crippen MR) is 75.1 cm³/mol. The first-order valence-corrected chi connectivity index (χ1v) is 7.04. The molecule has 19 heavy (non-hydrogen) atoms. The zero-order valence-electron chi connectivity index (χ0n) is 10.9. The molecule has 0 aromatic carbocycles. The Bertz CT molecular complexity index is 673. The van der Waals surface area contributed by atoms with Crippen LogP contribution >= 0.6 is 11.3 Å². The lowest BCUT2D eigenvalue weighted by atomic mass is 10.3. The molecule has 0 saturated carbocycles. The first-order valence-electron chi connectivity index (χ1n) is 6.16. The summed E-state index contributed by atoms with van der Waals surface area (Å²) in [7, 11) is 0. The standard InChI is InChI=1S/C13H15N5S/c1-9-5-12-16-7-11(8-18(12)17-9)6-15-10(2)13-14-3-4-19-13/h3-5,7-8,10,15H,6H2,1-2H3. The van der Waals surface area contributed by atoms with Crippen LogP contribution in [0.5, 0.6) is 0 Å². The Morgan fingerprint density at radius 2 is 2.32 bits per heavy atom. The second kappa shape index (κ2) is 5.07. The summed E-state index contributed by atoms with van der Waals surface area (Å²) in [5, 5.41) is 10.9. The van der Waals surface area contributed by atoms with Crippen LogP contribution < -0.4 is 5.32 Å². The molecule has 3 rings (SSSR count). The average molecular weight is 273 g/mol. The van der Waals surface area contributed by atoms with E-state index in [1.54, 1.807) is 11.3 Å². The maximum Gasteiger partial charge on any atom is 0.155 e. The van der Waals surface area contributed by atoms with Crippen LogP contribution in [0.1, 0.15) is 29.2 Å². The van der Waals surface area contributed by atoms with Crippen molar-refractivity contribution in [3.05, 3.63) is 46.3 Å². The lowest BCUT2D eigenvalue weighted by molar-refractivity contribution is 0.569. The van der Waals surface area contributed by atoms with Gasteiger partial charge < -0.3 is 5.32 Å². The van der Waals surface area contributed by atoms with Crippen molar-refractivity contribution >= 4 is 17.0 Å². The van der Waals surface area contributed by atoms with Gasteiger partial charge in [0, 0.05) is 42.1 Å². The molecular weight excluding hydrogens is 258 g/mol. The van der Waals surface area contributed by atoms with Gasteiger partial charge in [0.1, 0.15) is 5.01 Å². The Labute approximate surface area is 115 Å². The van der Waals surface area contributed by atoms with Crippen LogP contribution in [0.3, 0.4) is 0 Å². The normalized spacial score (nSPS) is 12.9. The SMILES string of the molecule is Cc1cc2ncc(CNC(C)c3nccs3)cn2n1. The molecule has 0 fully saturated rings. The molecule has 1 N–H and O–H groups in total. The first kappa shape index (κ1) is 12.3. The Morgan fingerprint density at radius 3 is 3.11 bits per heavy atom. The Kier molecular flexibility index (Phi) is 3.27. The maximum atomic E-state index is 4.39. The Morgan fingerprint density at radius 1 is 1.42 bits per heavy atom. The summed E-state index contributed by atoms with van der Waals surface area (Å²) < 4.78 is 1.82. The minimum absolute atomic E-state index is 0.245. The van der Waals surface area contributed by atoms with Gasteiger partial charge in [0.15, 0.2) is 5.65 Å². The summed E-state index contributed by atoms with van der Waals surface area (Å²) in [6.45, 7) is 4.84. The van der Waals surface area contributed by atoms with Crippen molar-refractivity contribution in [3.63, 3.8) is 0 Å². The van der Waals surface area contributed by atoms with Crippen LogP contribution in [0.2, 0.25) is 0 Å². The molecule has 3 aromatic rings. The maximum absolute atomic E-state index is 4.39. The fraction of sp³-hybridized carbons (Fsp3) is 0.308. The van der Waals surface area contributed by atoms with E-state index in [2.05, 4.69) is 27.3 Å². The van der Waals surface area contributed by atoms with E-state index in [9.17, 15) is 0 Å². The van der Waals surface area contributed by atoms with E-state index < -0.39 is 0 Å². The topological polar surface area (TPSA) is 55.1 Å². The summed E-state index contributed by atoms with van der Waals surface area (Å²) in [4.78, 5) is 8.69. The van der Waals surface area contributed by atoms with Crippen molar-refractivity contribution in [2.75, 3.05) is 0 Å². The second-order valence-electron chi connectivity index (χ2n) is 4.52. The summed E-state index contributed by atoms with van der Waals surface area (Å²) >= 11 is 1.67. The Balaban J connectivity index is 1.71. The van der Waals surface area contributed by atoms with Crippen molar-refractivity contribution < 1.29 is 0 Å². The van der Waals surface area contributed by atoms with E-state index in [0.29, 0.717) is 0 Å². The third kappa shape index (κ3) is 2.64. The van der Waals surface area contributed by atoms with Gasteiger partial charge >= 0.3 is 0 Å². The van der Waals surface area contributed by atoms with Crippen molar-refractivity contribution in [2.24, 2.45) is 0 Å². The number of aromatic nitrogens is 4. The highest BCUT2D eigenvalue weighted by molar-refractivity contribution is 7.09. The number of fused-ring (bicyclic) bond motifs is 1. The average Bonchev–Trinajstić information content (AvgIpc) is 3.03. The third-order valence-electron chi connectivity index (χ3n) is 2.92. The van der Waals surface area contributed by atoms with Gasteiger partial charge in [-0.15, -0.1) is 11.3 Å². The minimum Gasteiger partial charge on any atom is -0.304 e. The van der Waals surface area contributed by atoms with E-state index in [-0.39, 0.29) is 6.04 Å². The fourth-order valence-corrected chi connectivity index (χ4v) is 2.60. The monoisotopic (exact) mass is 273 g/mol. The third-order valence-corrected chi connectivity index (χ3v) is 3.88. The van der Waals surface area contributed by atoms with Gasteiger partial charge in [0.05, 0.1) is 11.7 Å². The molecule has 0 radical (unpaired) electrons.